The van der Waals surface area contributed by atoms with E-state index in [1.165, 1.54) is 12.1 Å². The fourth-order valence-electron chi connectivity index (χ4n) is 2.57. The SMILES string of the molecule is COc1ccc(Br)cc1C1C[C@@H](O)c2cc(F)ccc2O1. The lowest BCUT2D eigenvalue weighted by Crippen LogP contribution is -2.19. The van der Waals surface area contributed by atoms with Crippen LogP contribution in [-0.2, 0) is 0 Å². The largest absolute Gasteiger partial charge is 0.496 e. The first-order chi connectivity index (χ1) is 10.1. The van der Waals surface area contributed by atoms with Crippen LogP contribution in [0.2, 0.25) is 0 Å². The van der Waals surface area contributed by atoms with Crippen molar-refractivity contribution in [3.63, 3.8) is 0 Å². The molecule has 3 rings (SSSR count). The van der Waals surface area contributed by atoms with Gasteiger partial charge >= 0.3 is 0 Å². The molecule has 0 fully saturated rings. The number of rotatable bonds is 2. The average Bonchev–Trinajstić information content (AvgIpc) is 2.47. The first-order valence-electron chi connectivity index (χ1n) is 6.56. The Morgan fingerprint density at radius 2 is 2.05 bits per heavy atom. The van der Waals surface area contributed by atoms with Gasteiger partial charge in [0, 0.05) is 22.0 Å². The number of hydrogen-bond donors (Lipinski definition) is 1. The molecule has 1 unspecified atom stereocenters. The molecule has 1 N–H and O–H groups in total. The molecule has 1 aliphatic heterocycles. The molecule has 110 valence electrons. The van der Waals surface area contributed by atoms with Crippen LogP contribution in [0.1, 0.15) is 29.8 Å². The quantitative estimate of drug-likeness (QED) is 0.882. The molecule has 3 nitrogen and oxygen atoms in total. The number of methoxy groups -OCH3 is 1. The van der Waals surface area contributed by atoms with Crippen LogP contribution in [0.4, 0.5) is 4.39 Å². The van der Waals surface area contributed by atoms with Crippen molar-refractivity contribution in [3.8, 4) is 11.5 Å². The van der Waals surface area contributed by atoms with Gasteiger partial charge in [-0.15, -0.1) is 0 Å². The third-order valence-corrected chi connectivity index (χ3v) is 4.07. The van der Waals surface area contributed by atoms with Crippen molar-refractivity contribution in [3.05, 3.63) is 57.8 Å². The summed E-state index contributed by atoms with van der Waals surface area (Å²) >= 11 is 3.43. The van der Waals surface area contributed by atoms with Gasteiger partial charge < -0.3 is 14.6 Å². The first kappa shape index (κ1) is 14.4. The monoisotopic (exact) mass is 352 g/mol. The van der Waals surface area contributed by atoms with E-state index in [4.69, 9.17) is 9.47 Å². The minimum absolute atomic E-state index is 0.342. The average molecular weight is 353 g/mol. The van der Waals surface area contributed by atoms with Gasteiger partial charge in [0.25, 0.3) is 0 Å². The Labute approximate surface area is 130 Å². The molecule has 21 heavy (non-hydrogen) atoms. The Kier molecular flexibility index (Phi) is 3.87. The lowest BCUT2D eigenvalue weighted by Gasteiger charge is -2.30. The summed E-state index contributed by atoms with van der Waals surface area (Å²) in [5.41, 5.74) is 1.33. The Morgan fingerprint density at radius 1 is 1.24 bits per heavy atom. The van der Waals surface area contributed by atoms with Gasteiger partial charge in [-0.3, -0.25) is 0 Å². The Balaban J connectivity index is 1.99. The summed E-state index contributed by atoms with van der Waals surface area (Å²) in [6.45, 7) is 0. The molecule has 1 aliphatic rings. The Bertz CT molecular complexity index is 675. The van der Waals surface area contributed by atoms with Crippen molar-refractivity contribution < 1.29 is 19.0 Å². The second kappa shape index (κ2) is 5.66. The van der Waals surface area contributed by atoms with Crippen LogP contribution in [-0.4, -0.2) is 12.2 Å². The molecule has 0 saturated heterocycles. The molecular weight excluding hydrogens is 339 g/mol. The number of ether oxygens (including phenoxy) is 2. The summed E-state index contributed by atoms with van der Waals surface area (Å²) in [6, 6.07) is 9.82. The molecule has 0 amide bonds. The topological polar surface area (TPSA) is 38.7 Å². The number of halogens is 2. The van der Waals surface area contributed by atoms with Crippen molar-refractivity contribution in [2.75, 3.05) is 7.11 Å². The molecule has 0 radical (unpaired) electrons. The van der Waals surface area contributed by atoms with Gasteiger partial charge in [0.2, 0.25) is 0 Å². The highest BCUT2D eigenvalue weighted by atomic mass is 79.9. The summed E-state index contributed by atoms with van der Waals surface area (Å²) in [7, 11) is 1.59. The molecule has 1 heterocycles. The van der Waals surface area contributed by atoms with Gasteiger partial charge in [0.05, 0.1) is 13.2 Å². The van der Waals surface area contributed by atoms with Crippen molar-refractivity contribution in [1.82, 2.24) is 0 Å². The summed E-state index contributed by atoms with van der Waals surface area (Å²) < 4.78 is 25.4. The molecule has 0 saturated carbocycles. The molecule has 2 aromatic rings. The molecule has 2 aromatic carbocycles. The smallest absolute Gasteiger partial charge is 0.130 e. The number of hydrogen-bond acceptors (Lipinski definition) is 3. The van der Waals surface area contributed by atoms with Crippen molar-refractivity contribution in [2.45, 2.75) is 18.6 Å². The highest BCUT2D eigenvalue weighted by molar-refractivity contribution is 9.10. The summed E-state index contributed by atoms with van der Waals surface area (Å²) in [5.74, 6) is 0.818. The fraction of sp³-hybridized carbons (Fsp3) is 0.250. The van der Waals surface area contributed by atoms with E-state index in [1.807, 2.05) is 18.2 Å². The zero-order valence-electron chi connectivity index (χ0n) is 11.3. The van der Waals surface area contributed by atoms with Crippen LogP contribution in [0.5, 0.6) is 11.5 Å². The number of aliphatic hydroxyl groups excluding tert-OH is 1. The van der Waals surface area contributed by atoms with Gasteiger partial charge in [-0.2, -0.15) is 0 Å². The van der Waals surface area contributed by atoms with E-state index in [1.54, 1.807) is 13.2 Å². The van der Waals surface area contributed by atoms with E-state index in [0.29, 0.717) is 23.5 Å². The Morgan fingerprint density at radius 3 is 2.81 bits per heavy atom. The normalized spacial score (nSPS) is 20.6. The third kappa shape index (κ3) is 2.76. The van der Waals surface area contributed by atoms with E-state index in [0.717, 1.165) is 10.0 Å². The fourth-order valence-corrected chi connectivity index (χ4v) is 2.94. The van der Waals surface area contributed by atoms with Gasteiger partial charge in [-0.25, -0.2) is 4.39 Å². The van der Waals surface area contributed by atoms with Gasteiger partial charge in [0.1, 0.15) is 23.4 Å². The number of fused-ring (bicyclic) bond motifs is 1. The predicted octanol–water partition coefficient (Wildman–Crippen LogP) is 4.15. The van der Waals surface area contributed by atoms with Crippen LogP contribution in [0, 0.1) is 5.82 Å². The molecular formula is C16H14BrFO3. The summed E-state index contributed by atoms with van der Waals surface area (Å²) in [5, 5.41) is 10.3. The Hall–Kier alpha value is -1.59. The summed E-state index contributed by atoms with van der Waals surface area (Å²) in [6.07, 6.45) is -0.757. The molecule has 2 atom stereocenters. The second-order valence-corrected chi connectivity index (χ2v) is 5.84. The molecule has 0 spiro atoms. The van der Waals surface area contributed by atoms with E-state index in [9.17, 15) is 9.50 Å². The standard InChI is InChI=1S/C16H14BrFO3/c1-20-14-4-2-9(17)6-12(14)16-8-13(19)11-7-10(18)3-5-15(11)21-16/h2-7,13,16,19H,8H2,1H3/t13-,16?/m1/s1. The molecule has 0 bridgehead atoms. The number of aliphatic hydroxyl groups is 1. The lowest BCUT2D eigenvalue weighted by molar-refractivity contribution is 0.0641. The zero-order chi connectivity index (χ0) is 15.0. The maximum Gasteiger partial charge on any atom is 0.130 e. The lowest BCUT2D eigenvalue weighted by atomic mass is 9.94. The van der Waals surface area contributed by atoms with Crippen molar-refractivity contribution >= 4 is 15.9 Å². The maximum atomic E-state index is 13.3. The van der Waals surface area contributed by atoms with Crippen LogP contribution < -0.4 is 9.47 Å². The zero-order valence-corrected chi connectivity index (χ0v) is 12.9. The van der Waals surface area contributed by atoms with E-state index in [-0.39, 0.29) is 11.9 Å². The van der Waals surface area contributed by atoms with Crippen molar-refractivity contribution in [1.29, 1.82) is 0 Å². The van der Waals surface area contributed by atoms with Crippen molar-refractivity contribution in [2.24, 2.45) is 0 Å². The van der Waals surface area contributed by atoms with Crippen LogP contribution in [0.3, 0.4) is 0 Å². The van der Waals surface area contributed by atoms with Gasteiger partial charge in [-0.05, 0) is 36.4 Å². The minimum atomic E-state index is -0.766. The first-order valence-corrected chi connectivity index (χ1v) is 7.35. The highest BCUT2D eigenvalue weighted by Gasteiger charge is 2.30. The van der Waals surface area contributed by atoms with E-state index in [2.05, 4.69) is 15.9 Å². The van der Waals surface area contributed by atoms with E-state index >= 15 is 0 Å². The highest BCUT2D eigenvalue weighted by Crippen LogP contribution is 2.43. The minimum Gasteiger partial charge on any atom is -0.496 e. The third-order valence-electron chi connectivity index (χ3n) is 3.58. The van der Waals surface area contributed by atoms with Crippen LogP contribution in [0.25, 0.3) is 0 Å². The van der Waals surface area contributed by atoms with E-state index < -0.39 is 6.10 Å². The van der Waals surface area contributed by atoms with Crippen LogP contribution in [0.15, 0.2) is 40.9 Å². The number of benzene rings is 2. The molecule has 0 aliphatic carbocycles. The molecule has 0 aromatic heterocycles. The van der Waals surface area contributed by atoms with Gasteiger partial charge in [0.15, 0.2) is 0 Å². The maximum absolute atomic E-state index is 13.3. The van der Waals surface area contributed by atoms with Crippen LogP contribution >= 0.6 is 15.9 Å². The predicted molar refractivity (Wildman–Crippen MR) is 80.0 cm³/mol. The molecule has 5 heteroatoms. The summed E-state index contributed by atoms with van der Waals surface area (Å²) in [4.78, 5) is 0. The second-order valence-electron chi connectivity index (χ2n) is 4.93. The van der Waals surface area contributed by atoms with Gasteiger partial charge in [-0.1, -0.05) is 15.9 Å².